The summed E-state index contributed by atoms with van der Waals surface area (Å²) in [6.07, 6.45) is 19.6. The third-order valence-corrected chi connectivity index (χ3v) is 19.1. The lowest BCUT2D eigenvalue weighted by Crippen LogP contribution is -2.44. The van der Waals surface area contributed by atoms with E-state index in [1.165, 1.54) is 157 Å². The molecule has 0 bridgehead atoms. The number of nitrogens with zero attached hydrogens (tertiary/aromatic N) is 3. The molecule has 2 aliphatic rings. The highest BCUT2D eigenvalue weighted by Gasteiger charge is 2.13. The van der Waals surface area contributed by atoms with Gasteiger partial charge in [0.2, 0.25) is 0 Å². The largest absolute Gasteiger partial charge is 0.399 e. The molecule has 92 heavy (non-hydrogen) atoms. The van der Waals surface area contributed by atoms with Gasteiger partial charge in [0.25, 0.3) is 0 Å². The van der Waals surface area contributed by atoms with Crippen LogP contribution in [0.15, 0.2) is 58.3 Å². The Bertz CT molecular complexity index is 1510. The first-order valence-corrected chi connectivity index (χ1v) is 40.4. The van der Waals surface area contributed by atoms with Gasteiger partial charge in [0.05, 0.1) is 33.0 Å². The van der Waals surface area contributed by atoms with Crippen LogP contribution in [0.1, 0.15) is 184 Å². The zero-order valence-corrected chi connectivity index (χ0v) is 65.4. The Kier molecular flexibility index (Phi) is 95.5. The summed E-state index contributed by atoms with van der Waals surface area (Å²) in [5.74, 6) is 3.90. The number of aryl methyl sites for hydroxylation is 1. The molecule has 2 saturated heterocycles. The maximum atomic E-state index is 5.63. The number of nitrogens with two attached hydrogens (primary N) is 10. The van der Waals surface area contributed by atoms with Gasteiger partial charge in [-0.05, 0) is 230 Å². The Morgan fingerprint density at radius 3 is 1.36 bits per heavy atom. The lowest BCUT2D eigenvalue weighted by atomic mass is 9.91. The van der Waals surface area contributed by atoms with E-state index >= 15 is 0 Å². The van der Waals surface area contributed by atoms with Crippen molar-refractivity contribution < 1.29 is 14.2 Å². The van der Waals surface area contributed by atoms with Crippen LogP contribution in [0.4, 0.5) is 5.69 Å². The molecule has 0 amide bonds. The predicted molar refractivity (Wildman–Crippen MR) is 422 cm³/mol. The molecule has 0 spiro atoms. The maximum absolute atomic E-state index is 5.63. The summed E-state index contributed by atoms with van der Waals surface area (Å²) in [4.78, 5) is 9.85. The lowest BCUT2D eigenvalue weighted by Gasteiger charge is -2.32. The topological polar surface area (TPSA) is 310 Å². The van der Waals surface area contributed by atoms with Gasteiger partial charge in [-0.2, -0.15) is 0 Å². The molecule has 21 N–H and O–H groups in total. The summed E-state index contributed by atoms with van der Waals surface area (Å²) in [5.41, 5.74) is 56.0. The first-order chi connectivity index (χ1) is 44.4. The van der Waals surface area contributed by atoms with Gasteiger partial charge in [0, 0.05) is 72.9 Å². The van der Waals surface area contributed by atoms with Gasteiger partial charge < -0.3 is 91.6 Å². The van der Waals surface area contributed by atoms with Crippen LogP contribution >= 0.6 is 43.2 Å². The van der Waals surface area contributed by atoms with E-state index < -0.39 is 0 Å². The van der Waals surface area contributed by atoms with Gasteiger partial charge in [-0.1, -0.05) is 163 Å². The number of nitrogens with one attached hydrogen (secondary N) is 1. The zero-order chi connectivity index (χ0) is 70.4. The number of rotatable bonds is 40. The van der Waals surface area contributed by atoms with Crippen LogP contribution in [-0.2, 0) is 14.2 Å². The number of anilines is 1. The standard InChI is InChI=1S/C13H13NS2.C9H21NO3.C8H19N3.C7H16N2.C7H17N.C6H16N2.2C6H15N.C5H13NS2.C4H11N/c1-10-2-6-12(7-3-10)15-16-13-8-4-11(14)5-9-13;1-2-4-11-6-8-13-9-7-12-5-3-10;1-10-5-7-11(8-6-10)4-2-3-9;8-4-3-7-9-5-1-2-6-9;1-3-4-5-7(2)6-8;1-2-5-8-6-3-4-7;1-4-6(2,3)5-7;1-3-6(2)4-5-7;1-2-4-7-8-5-3-6;1-2-3-4-5/h2-9H,14H2,1H3;2-10H2,1H3;2-9H2,1H3;1-8H2;7H,3-6,8H2,1-2H3;8H,2-7H2,1H3;4-5,7H2,1-3H3;6H,3-5,7H2,1-2H3;2-6H2,1H3;2-5H2,1H3. The van der Waals surface area contributed by atoms with Crippen LogP contribution in [0.5, 0.6) is 0 Å². The molecule has 2 aromatic rings. The summed E-state index contributed by atoms with van der Waals surface area (Å²) in [6.45, 7) is 49.2. The fraction of sp³-hybridized carbons (Fsp3) is 0.831. The number of benzene rings is 2. The molecule has 2 heterocycles. The van der Waals surface area contributed by atoms with Gasteiger partial charge in [0.1, 0.15) is 0 Å². The summed E-state index contributed by atoms with van der Waals surface area (Å²) in [7, 11) is 9.48. The fourth-order valence-electron chi connectivity index (χ4n) is 6.98. The molecule has 2 atom stereocenters. The molecule has 0 aliphatic carbocycles. The molecule has 4 rings (SSSR count). The number of likely N-dealkylation sites (tertiary alicyclic amines) is 1. The highest BCUT2D eigenvalue weighted by atomic mass is 33.1. The smallest absolute Gasteiger partial charge is 0.0701 e. The fourth-order valence-corrected chi connectivity index (χ4v) is 10.9. The van der Waals surface area contributed by atoms with Crippen molar-refractivity contribution in [3.8, 4) is 0 Å². The number of hydrogen-bond acceptors (Lipinski definition) is 21. The van der Waals surface area contributed by atoms with E-state index in [4.69, 9.17) is 71.5 Å². The number of likely N-dealkylation sites (N-methyl/N-ethyl adjacent to an activating group) is 1. The van der Waals surface area contributed by atoms with Crippen molar-refractivity contribution in [2.24, 2.45) is 68.9 Å². The third-order valence-electron chi connectivity index (χ3n) is 14.1. The Hall–Kier alpha value is -1.00. The van der Waals surface area contributed by atoms with Gasteiger partial charge in [-0.15, -0.1) is 0 Å². The summed E-state index contributed by atoms with van der Waals surface area (Å²) in [5, 5.41) is 3.26. The van der Waals surface area contributed by atoms with Crippen molar-refractivity contribution in [3.63, 3.8) is 0 Å². The van der Waals surface area contributed by atoms with E-state index in [1.54, 1.807) is 21.6 Å². The van der Waals surface area contributed by atoms with Gasteiger partial charge >= 0.3 is 0 Å². The number of unbranched alkanes of at least 4 members (excludes halogenated alkanes) is 2. The second-order valence-electron chi connectivity index (χ2n) is 23.9. The van der Waals surface area contributed by atoms with Gasteiger partial charge in [-0.25, -0.2) is 0 Å². The molecule has 2 fully saturated rings. The average molecular weight is 1380 g/mol. The van der Waals surface area contributed by atoms with Crippen LogP contribution < -0.4 is 62.7 Å². The van der Waals surface area contributed by atoms with Crippen molar-refractivity contribution in [2.75, 3.05) is 188 Å². The average Bonchev–Trinajstić information content (AvgIpc) is 2.75. The molecule has 0 radical (unpaired) electrons. The van der Waals surface area contributed by atoms with Crippen LogP contribution in [0.2, 0.25) is 0 Å². The van der Waals surface area contributed by atoms with Crippen LogP contribution in [0, 0.1) is 24.2 Å². The Morgan fingerprint density at radius 1 is 0.489 bits per heavy atom. The van der Waals surface area contributed by atoms with E-state index in [9.17, 15) is 0 Å². The second kappa shape index (κ2) is 86.1. The molecule has 552 valence electrons. The lowest BCUT2D eigenvalue weighted by molar-refractivity contribution is 0.0161. The normalized spacial score (nSPS) is 13.4. The monoisotopic (exact) mass is 1380 g/mol. The number of ether oxygens (including phenoxy) is 3. The van der Waals surface area contributed by atoms with E-state index in [-0.39, 0.29) is 0 Å². The molecule has 17 nitrogen and oxygen atoms in total. The number of piperazine rings is 1. The molecular weight excluding hydrogens is 1230 g/mol. The summed E-state index contributed by atoms with van der Waals surface area (Å²) >= 11 is 0. The van der Waals surface area contributed by atoms with E-state index in [1.807, 2.05) is 45.9 Å². The van der Waals surface area contributed by atoms with Crippen LogP contribution in [0.25, 0.3) is 0 Å². The summed E-state index contributed by atoms with van der Waals surface area (Å²) in [6, 6.07) is 16.5. The second-order valence-corrected chi connectivity index (χ2v) is 28.9. The highest BCUT2D eigenvalue weighted by molar-refractivity contribution is 8.77. The zero-order valence-electron chi connectivity index (χ0n) is 62.2. The Morgan fingerprint density at radius 2 is 0.978 bits per heavy atom. The predicted octanol–water partition coefficient (Wildman–Crippen LogP) is 12.1. The Labute approximate surface area is 586 Å². The first-order valence-electron chi connectivity index (χ1n) is 35.8. The van der Waals surface area contributed by atoms with Crippen molar-refractivity contribution in [3.05, 3.63) is 54.1 Å². The SMILES string of the molecule is CCC(C)(C)CN.CCC(C)CCN.CCCCC(C)CN.CCCCN.CCCNCCCN.CCCOCCOCCOCCN.CCCSSCCN.CN1CCN(CCCN)CC1.Cc1ccc(SSc2ccc(N)cc2)cc1.NCCCN1CCCC1. The molecule has 2 aliphatic heterocycles. The number of nitrogen functional groups attached to an aromatic ring is 1. The van der Waals surface area contributed by atoms with Crippen molar-refractivity contribution >= 4 is 48.9 Å². The number of hydrogen-bond donors (Lipinski definition) is 11. The summed E-state index contributed by atoms with van der Waals surface area (Å²) < 4.78 is 15.6. The van der Waals surface area contributed by atoms with Crippen LogP contribution in [-0.4, -0.2) is 197 Å². The van der Waals surface area contributed by atoms with E-state index in [2.05, 4.69) is 134 Å². The highest BCUT2D eigenvalue weighted by Crippen LogP contribution is 2.37. The molecule has 0 saturated carbocycles. The van der Waals surface area contributed by atoms with Crippen molar-refractivity contribution in [2.45, 2.75) is 196 Å². The van der Waals surface area contributed by atoms with Gasteiger partial charge in [0.15, 0.2) is 0 Å². The van der Waals surface area contributed by atoms with E-state index in [0.717, 1.165) is 115 Å². The van der Waals surface area contributed by atoms with E-state index in [0.29, 0.717) is 45.0 Å². The first kappa shape index (κ1) is 102. The molecule has 0 aromatic heterocycles. The molecule has 21 heteroatoms. The third kappa shape index (κ3) is 89.0. The minimum absolute atomic E-state index is 0.361. The minimum Gasteiger partial charge on any atom is -0.399 e. The molecule has 2 aromatic carbocycles. The minimum atomic E-state index is 0.361. The quantitative estimate of drug-likeness (QED) is 0.0168. The molecular formula is C71H156N14O3S4. The van der Waals surface area contributed by atoms with Crippen LogP contribution in [0.3, 0.4) is 0 Å². The maximum Gasteiger partial charge on any atom is 0.0701 e. The molecule has 2 unspecified atom stereocenters. The van der Waals surface area contributed by atoms with Crippen molar-refractivity contribution in [1.82, 2.24) is 20.0 Å². The Balaban J connectivity index is -0.000000227. The van der Waals surface area contributed by atoms with Gasteiger partial charge in [-0.3, -0.25) is 0 Å². The van der Waals surface area contributed by atoms with Crippen molar-refractivity contribution in [1.29, 1.82) is 0 Å².